The molecule has 5 rings (SSSR count). The summed E-state index contributed by atoms with van der Waals surface area (Å²) in [5, 5.41) is 1.10. The van der Waals surface area contributed by atoms with E-state index in [2.05, 4.69) is 25.1 Å². The summed E-state index contributed by atoms with van der Waals surface area (Å²) in [5.41, 5.74) is 2.69. The fraction of sp³-hybridized carbons (Fsp3) is 0.448. The summed E-state index contributed by atoms with van der Waals surface area (Å²) in [4.78, 5) is 30.4. The third-order valence-corrected chi connectivity index (χ3v) is 7.60. The first-order chi connectivity index (χ1) is 17.0. The molecule has 0 aliphatic carbocycles. The second-order valence-electron chi connectivity index (χ2n) is 10.3. The van der Waals surface area contributed by atoms with Crippen LogP contribution in [-0.4, -0.2) is 61.0 Å². The van der Waals surface area contributed by atoms with Crippen LogP contribution in [-0.2, 0) is 27.2 Å². The minimum absolute atomic E-state index is 0.141. The molecule has 0 N–H and O–H groups in total. The van der Waals surface area contributed by atoms with E-state index >= 15 is 0 Å². The molecule has 3 heterocycles. The molecule has 0 spiro atoms. The van der Waals surface area contributed by atoms with Crippen molar-refractivity contribution >= 4 is 22.8 Å². The molecule has 3 aromatic rings. The molecule has 0 radical (unpaired) electrons. The summed E-state index contributed by atoms with van der Waals surface area (Å²) in [6.07, 6.45) is 4.37. The molecule has 2 saturated heterocycles. The molecule has 0 bridgehead atoms. The van der Waals surface area contributed by atoms with Crippen molar-refractivity contribution in [1.29, 1.82) is 0 Å². The molecule has 1 atom stereocenters. The van der Waals surface area contributed by atoms with Crippen LogP contribution < -0.4 is 0 Å². The molecule has 0 unspecified atom stereocenters. The summed E-state index contributed by atoms with van der Waals surface area (Å²) >= 11 is 0. The number of carbonyl (C=O) groups excluding carboxylic acids is 2. The number of hydrogen-bond donors (Lipinski definition) is 0. The number of amides is 2. The van der Waals surface area contributed by atoms with E-state index in [-0.39, 0.29) is 17.7 Å². The third kappa shape index (κ3) is 5.43. The van der Waals surface area contributed by atoms with Crippen molar-refractivity contribution < 1.29 is 18.7 Å². The molecule has 2 amide bonds. The zero-order valence-electron chi connectivity index (χ0n) is 20.4. The first-order valence-corrected chi connectivity index (χ1v) is 12.7. The Balaban J connectivity index is 1.18. The number of likely N-dealkylation sites (tertiary alicyclic amines) is 1. The van der Waals surface area contributed by atoms with Gasteiger partial charge in [0.15, 0.2) is 0 Å². The lowest BCUT2D eigenvalue weighted by atomic mass is 9.78. The lowest BCUT2D eigenvalue weighted by Crippen LogP contribution is -2.51. The summed E-state index contributed by atoms with van der Waals surface area (Å²) in [5.74, 6) is 0.581. The average Bonchev–Trinajstić information content (AvgIpc) is 3.22. The van der Waals surface area contributed by atoms with Gasteiger partial charge in [-0.1, -0.05) is 49.4 Å². The van der Waals surface area contributed by atoms with Gasteiger partial charge in [0, 0.05) is 42.9 Å². The second kappa shape index (κ2) is 10.2. The summed E-state index contributed by atoms with van der Waals surface area (Å²) in [6, 6.07) is 18.1. The number of carbonyl (C=O) groups is 2. The number of hydrogen-bond acceptors (Lipinski definition) is 4. The van der Waals surface area contributed by atoms with Crippen molar-refractivity contribution in [2.45, 2.75) is 32.6 Å². The van der Waals surface area contributed by atoms with E-state index in [9.17, 15) is 9.59 Å². The first kappa shape index (κ1) is 23.6. The van der Waals surface area contributed by atoms with E-state index in [0.29, 0.717) is 58.7 Å². The zero-order chi connectivity index (χ0) is 24.3. The first-order valence-electron chi connectivity index (χ1n) is 12.7. The number of rotatable bonds is 5. The van der Waals surface area contributed by atoms with Crippen LogP contribution in [0.4, 0.5) is 0 Å². The zero-order valence-corrected chi connectivity index (χ0v) is 20.4. The lowest BCUT2D eigenvalue weighted by molar-refractivity contribution is -0.147. The van der Waals surface area contributed by atoms with Crippen LogP contribution in [0.3, 0.4) is 0 Å². The number of piperidine rings is 1. The molecule has 1 aromatic heterocycles. The maximum atomic E-state index is 13.7. The topological polar surface area (TPSA) is 63.0 Å². The van der Waals surface area contributed by atoms with E-state index < -0.39 is 5.41 Å². The molecule has 0 saturated carbocycles. The minimum Gasteiger partial charge on any atom is -0.464 e. The maximum absolute atomic E-state index is 13.7. The number of nitrogens with zero attached hydrogens (tertiary/aromatic N) is 2. The molecule has 2 fully saturated rings. The van der Waals surface area contributed by atoms with Crippen molar-refractivity contribution in [2.75, 3.05) is 39.4 Å². The van der Waals surface area contributed by atoms with Crippen molar-refractivity contribution in [3.05, 3.63) is 72.0 Å². The van der Waals surface area contributed by atoms with Crippen LogP contribution in [0.5, 0.6) is 0 Å². The number of benzene rings is 2. The molecule has 2 aromatic carbocycles. The average molecular weight is 475 g/mol. The fourth-order valence-electron chi connectivity index (χ4n) is 5.38. The van der Waals surface area contributed by atoms with Gasteiger partial charge in [0.05, 0.1) is 25.9 Å². The quantitative estimate of drug-likeness (QED) is 0.553. The summed E-state index contributed by atoms with van der Waals surface area (Å²) in [6.45, 7) is 5.87. The lowest BCUT2D eigenvalue weighted by Gasteiger charge is -2.41. The van der Waals surface area contributed by atoms with Gasteiger partial charge in [0.25, 0.3) is 0 Å². The normalized spacial score (nSPS) is 20.5. The van der Waals surface area contributed by atoms with Crippen molar-refractivity contribution in [1.82, 2.24) is 9.80 Å². The second-order valence-corrected chi connectivity index (χ2v) is 10.3. The highest BCUT2D eigenvalue weighted by molar-refractivity contribution is 5.84. The Bertz CT molecular complexity index is 1160. The predicted octanol–water partition coefficient (Wildman–Crippen LogP) is 4.32. The Morgan fingerprint density at radius 1 is 0.971 bits per heavy atom. The van der Waals surface area contributed by atoms with Crippen molar-refractivity contribution in [3.8, 4) is 0 Å². The van der Waals surface area contributed by atoms with Crippen LogP contribution in [0.25, 0.3) is 11.0 Å². The van der Waals surface area contributed by atoms with Gasteiger partial charge in [-0.3, -0.25) is 9.59 Å². The van der Waals surface area contributed by atoms with Crippen molar-refractivity contribution in [3.63, 3.8) is 0 Å². The summed E-state index contributed by atoms with van der Waals surface area (Å²) < 4.78 is 11.4. The fourth-order valence-corrected chi connectivity index (χ4v) is 5.38. The molecular formula is C29H34N2O4. The van der Waals surface area contributed by atoms with E-state index in [1.54, 1.807) is 6.26 Å². The monoisotopic (exact) mass is 474 g/mol. The van der Waals surface area contributed by atoms with Gasteiger partial charge in [-0.15, -0.1) is 0 Å². The van der Waals surface area contributed by atoms with E-state index in [1.165, 1.54) is 5.56 Å². The predicted molar refractivity (Wildman–Crippen MR) is 135 cm³/mol. The van der Waals surface area contributed by atoms with Gasteiger partial charge in [-0.05, 0) is 42.5 Å². The Morgan fingerprint density at radius 2 is 1.77 bits per heavy atom. The van der Waals surface area contributed by atoms with Crippen LogP contribution in [0.1, 0.15) is 30.9 Å². The smallest absolute Gasteiger partial charge is 0.228 e. The molecular weight excluding hydrogens is 440 g/mol. The molecule has 6 nitrogen and oxygen atoms in total. The van der Waals surface area contributed by atoms with E-state index in [4.69, 9.17) is 9.15 Å². The molecule has 6 heteroatoms. The Labute approximate surface area is 206 Å². The largest absolute Gasteiger partial charge is 0.464 e. The van der Waals surface area contributed by atoms with Crippen molar-refractivity contribution in [2.24, 2.45) is 11.3 Å². The van der Waals surface area contributed by atoms with Crippen LogP contribution >= 0.6 is 0 Å². The van der Waals surface area contributed by atoms with Crippen LogP contribution in [0.15, 0.2) is 65.3 Å². The highest BCUT2D eigenvalue weighted by Crippen LogP contribution is 2.34. The van der Waals surface area contributed by atoms with Gasteiger partial charge >= 0.3 is 0 Å². The van der Waals surface area contributed by atoms with Gasteiger partial charge in [0.2, 0.25) is 11.8 Å². The SMILES string of the molecule is CC1(C(=O)N2CCOC[C@H](Cc3ccc4ccoc4c3)C2)CCN(C(=O)Cc2ccccc2)CC1. The van der Waals surface area contributed by atoms with Gasteiger partial charge in [-0.2, -0.15) is 0 Å². The Hall–Kier alpha value is -3.12. The Kier molecular flexibility index (Phi) is 6.91. The Morgan fingerprint density at radius 3 is 2.57 bits per heavy atom. The maximum Gasteiger partial charge on any atom is 0.228 e. The number of fused-ring (bicyclic) bond motifs is 1. The highest BCUT2D eigenvalue weighted by atomic mass is 16.5. The number of furan rings is 1. The van der Waals surface area contributed by atoms with E-state index in [1.807, 2.05) is 46.2 Å². The molecule has 2 aliphatic rings. The molecule has 184 valence electrons. The van der Waals surface area contributed by atoms with Gasteiger partial charge < -0.3 is 19.0 Å². The molecule has 35 heavy (non-hydrogen) atoms. The number of ether oxygens (including phenoxy) is 1. The standard InChI is InChI=1S/C29H34N2O4/c1-29(10-12-30(13-11-29)27(32)19-22-5-3-2-4-6-22)28(33)31-14-16-34-21-24(20-31)17-23-7-8-25-9-15-35-26(25)18-23/h2-9,15,18,24H,10-14,16-17,19-21H2,1H3/t24-/m1/s1. The van der Waals surface area contributed by atoms with Gasteiger partial charge in [0.1, 0.15) is 5.58 Å². The minimum atomic E-state index is -0.439. The highest BCUT2D eigenvalue weighted by Gasteiger charge is 2.41. The summed E-state index contributed by atoms with van der Waals surface area (Å²) in [7, 11) is 0. The molecule has 2 aliphatic heterocycles. The third-order valence-electron chi connectivity index (χ3n) is 7.60. The van der Waals surface area contributed by atoms with E-state index in [0.717, 1.165) is 23.0 Å². The van der Waals surface area contributed by atoms with Crippen LogP contribution in [0, 0.1) is 11.3 Å². The van der Waals surface area contributed by atoms with Gasteiger partial charge in [-0.25, -0.2) is 0 Å². The van der Waals surface area contributed by atoms with Crippen LogP contribution in [0.2, 0.25) is 0 Å².